The standard InChI is InChI=1S/C24H22N4O2S/c1-30-21-15-9-8-14-20(21)25-22(29)17-31-24-27-26-23(19-12-6-3-7-13-19)28(24)16-18-10-4-2-5-11-18/h2-15H,16-17H2,1H3,(H,25,29). The summed E-state index contributed by atoms with van der Waals surface area (Å²) in [5.74, 6) is 1.47. The number of carbonyl (C=O) groups excluding carboxylic acids is 1. The van der Waals surface area contributed by atoms with Crippen LogP contribution >= 0.6 is 11.8 Å². The molecule has 0 fully saturated rings. The molecule has 6 nitrogen and oxygen atoms in total. The minimum Gasteiger partial charge on any atom is -0.495 e. The summed E-state index contributed by atoms with van der Waals surface area (Å²) in [6.45, 7) is 0.620. The third kappa shape index (κ3) is 5.13. The Kier molecular flexibility index (Phi) is 6.64. The second-order valence-electron chi connectivity index (χ2n) is 6.78. The Morgan fingerprint density at radius 3 is 2.35 bits per heavy atom. The predicted octanol–water partition coefficient (Wildman–Crippen LogP) is 4.73. The normalized spacial score (nSPS) is 10.6. The van der Waals surface area contributed by atoms with Crippen molar-refractivity contribution in [2.75, 3.05) is 18.2 Å². The van der Waals surface area contributed by atoms with E-state index in [1.807, 2.05) is 77.4 Å². The van der Waals surface area contributed by atoms with E-state index >= 15 is 0 Å². The number of benzene rings is 3. The van der Waals surface area contributed by atoms with Crippen LogP contribution in [0.3, 0.4) is 0 Å². The summed E-state index contributed by atoms with van der Waals surface area (Å²) in [4.78, 5) is 12.6. The molecule has 0 aliphatic carbocycles. The van der Waals surface area contributed by atoms with Crippen molar-refractivity contribution >= 4 is 23.4 Å². The van der Waals surface area contributed by atoms with E-state index in [0.717, 1.165) is 17.0 Å². The lowest BCUT2D eigenvalue weighted by Gasteiger charge is -2.11. The maximum Gasteiger partial charge on any atom is 0.234 e. The lowest BCUT2D eigenvalue weighted by atomic mass is 10.2. The molecule has 0 aliphatic rings. The molecule has 0 aliphatic heterocycles. The fraction of sp³-hybridized carbons (Fsp3) is 0.125. The highest BCUT2D eigenvalue weighted by Gasteiger charge is 2.16. The molecule has 0 bridgehead atoms. The number of hydrogen-bond donors (Lipinski definition) is 1. The van der Waals surface area contributed by atoms with Gasteiger partial charge in [0.05, 0.1) is 25.1 Å². The minimum absolute atomic E-state index is 0.134. The number of thioether (sulfide) groups is 1. The topological polar surface area (TPSA) is 69.0 Å². The molecule has 0 saturated carbocycles. The van der Waals surface area contributed by atoms with Gasteiger partial charge in [-0.2, -0.15) is 0 Å². The first-order valence-electron chi connectivity index (χ1n) is 9.83. The van der Waals surface area contributed by atoms with Gasteiger partial charge in [0.25, 0.3) is 0 Å². The van der Waals surface area contributed by atoms with Gasteiger partial charge in [-0.05, 0) is 17.7 Å². The fourth-order valence-corrected chi connectivity index (χ4v) is 3.91. The number of ether oxygens (including phenoxy) is 1. The van der Waals surface area contributed by atoms with E-state index in [0.29, 0.717) is 23.1 Å². The van der Waals surface area contributed by atoms with Crippen LogP contribution in [0.1, 0.15) is 5.56 Å². The number of carbonyl (C=O) groups is 1. The molecule has 1 heterocycles. The molecule has 0 atom stereocenters. The molecular formula is C24H22N4O2S. The van der Waals surface area contributed by atoms with Crippen molar-refractivity contribution in [2.24, 2.45) is 0 Å². The highest BCUT2D eigenvalue weighted by Crippen LogP contribution is 2.26. The van der Waals surface area contributed by atoms with Crippen molar-refractivity contribution in [2.45, 2.75) is 11.7 Å². The van der Waals surface area contributed by atoms with Gasteiger partial charge in [0.2, 0.25) is 5.91 Å². The molecule has 1 amide bonds. The molecule has 4 rings (SSSR count). The van der Waals surface area contributed by atoms with E-state index in [4.69, 9.17) is 4.74 Å². The summed E-state index contributed by atoms with van der Waals surface area (Å²) >= 11 is 1.36. The Hall–Kier alpha value is -3.58. The molecule has 7 heteroatoms. The summed E-state index contributed by atoms with van der Waals surface area (Å²) in [6.07, 6.45) is 0. The van der Waals surface area contributed by atoms with Gasteiger partial charge in [0, 0.05) is 5.56 Å². The summed E-state index contributed by atoms with van der Waals surface area (Å²) in [5.41, 5.74) is 2.77. The van der Waals surface area contributed by atoms with Crippen molar-refractivity contribution in [3.63, 3.8) is 0 Å². The third-order valence-electron chi connectivity index (χ3n) is 4.65. The molecule has 4 aromatic rings. The number of amides is 1. The van der Waals surface area contributed by atoms with Crippen molar-refractivity contribution in [1.82, 2.24) is 14.8 Å². The Morgan fingerprint density at radius 1 is 0.935 bits per heavy atom. The zero-order valence-corrected chi connectivity index (χ0v) is 17.9. The zero-order valence-electron chi connectivity index (χ0n) is 17.1. The number of nitrogens with zero attached hydrogens (tertiary/aromatic N) is 3. The maximum absolute atomic E-state index is 12.6. The highest BCUT2D eigenvalue weighted by atomic mass is 32.2. The molecule has 0 spiro atoms. The van der Waals surface area contributed by atoms with Crippen LogP contribution in [0, 0.1) is 0 Å². The van der Waals surface area contributed by atoms with Crippen LogP contribution < -0.4 is 10.1 Å². The van der Waals surface area contributed by atoms with Crippen molar-refractivity contribution < 1.29 is 9.53 Å². The van der Waals surface area contributed by atoms with Crippen molar-refractivity contribution in [3.8, 4) is 17.1 Å². The maximum atomic E-state index is 12.6. The molecule has 156 valence electrons. The van der Waals surface area contributed by atoms with Gasteiger partial charge in [-0.15, -0.1) is 10.2 Å². The van der Waals surface area contributed by atoms with Crippen LogP contribution in [0.25, 0.3) is 11.4 Å². The van der Waals surface area contributed by atoms with Gasteiger partial charge in [-0.25, -0.2) is 0 Å². The van der Waals surface area contributed by atoms with Crippen LogP contribution in [-0.4, -0.2) is 33.5 Å². The fourth-order valence-electron chi connectivity index (χ4n) is 3.17. The van der Waals surface area contributed by atoms with Crippen molar-refractivity contribution in [1.29, 1.82) is 0 Å². The number of hydrogen-bond acceptors (Lipinski definition) is 5. The van der Waals surface area contributed by atoms with Crippen LogP contribution in [0.15, 0.2) is 90.1 Å². The largest absolute Gasteiger partial charge is 0.495 e. The monoisotopic (exact) mass is 430 g/mol. The molecule has 31 heavy (non-hydrogen) atoms. The van der Waals surface area contributed by atoms with Gasteiger partial charge in [-0.3, -0.25) is 9.36 Å². The smallest absolute Gasteiger partial charge is 0.234 e. The molecule has 1 N–H and O–H groups in total. The summed E-state index contributed by atoms with van der Waals surface area (Å²) < 4.78 is 7.35. The molecule has 0 unspecified atom stereocenters. The quantitative estimate of drug-likeness (QED) is 0.409. The number of para-hydroxylation sites is 2. The summed E-state index contributed by atoms with van der Waals surface area (Å²) in [7, 11) is 1.58. The zero-order chi connectivity index (χ0) is 21.5. The van der Waals surface area contributed by atoms with Crippen molar-refractivity contribution in [3.05, 3.63) is 90.5 Å². The third-order valence-corrected chi connectivity index (χ3v) is 5.61. The molecular weight excluding hydrogens is 408 g/mol. The van der Waals surface area contributed by atoms with Gasteiger partial charge in [-0.1, -0.05) is 84.6 Å². The van der Waals surface area contributed by atoms with Crippen LogP contribution in [0.2, 0.25) is 0 Å². The average molecular weight is 431 g/mol. The van der Waals surface area contributed by atoms with E-state index in [1.165, 1.54) is 11.8 Å². The summed E-state index contributed by atoms with van der Waals surface area (Å²) in [6, 6.07) is 27.4. The van der Waals surface area contributed by atoms with Crippen LogP contribution in [0.4, 0.5) is 5.69 Å². The van der Waals surface area contributed by atoms with Crippen LogP contribution in [0.5, 0.6) is 5.75 Å². The van der Waals surface area contributed by atoms with E-state index in [1.54, 1.807) is 7.11 Å². The molecule has 0 saturated heterocycles. The number of methoxy groups -OCH3 is 1. The number of rotatable bonds is 8. The lowest BCUT2D eigenvalue weighted by molar-refractivity contribution is -0.113. The predicted molar refractivity (Wildman–Crippen MR) is 123 cm³/mol. The first-order chi connectivity index (χ1) is 15.2. The van der Waals surface area contributed by atoms with E-state index in [2.05, 4.69) is 27.6 Å². The Balaban J connectivity index is 1.53. The lowest BCUT2D eigenvalue weighted by Crippen LogP contribution is -2.15. The van der Waals surface area contributed by atoms with Gasteiger partial charge in [0.15, 0.2) is 11.0 Å². The molecule has 0 radical (unpaired) electrons. The second kappa shape index (κ2) is 9.95. The van der Waals surface area contributed by atoms with Gasteiger partial charge < -0.3 is 10.1 Å². The number of anilines is 1. The second-order valence-corrected chi connectivity index (χ2v) is 7.72. The summed E-state index contributed by atoms with van der Waals surface area (Å²) in [5, 5.41) is 12.4. The molecule has 1 aromatic heterocycles. The Labute approximate surface area is 185 Å². The average Bonchev–Trinajstić information content (AvgIpc) is 3.21. The van der Waals surface area contributed by atoms with E-state index < -0.39 is 0 Å². The number of nitrogens with one attached hydrogen (secondary N) is 1. The first kappa shape index (κ1) is 20.7. The highest BCUT2D eigenvalue weighted by molar-refractivity contribution is 7.99. The number of aromatic nitrogens is 3. The first-order valence-corrected chi connectivity index (χ1v) is 10.8. The van der Waals surface area contributed by atoms with E-state index in [9.17, 15) is 4.79 Å². The van der Waals surface area contributed by atoms with Crippen LogP contribution in [-0.2, 0) is 11.3 Å². The Morgan fingerprint density at radius 2 is 1.61 bits per heavy atom. The Bertz CT molecular complexity index is 1150. The minimum atomic E-state index is -0.134. The van der Waals surface area contributed by atoms with Gasteiger partial charge in [0.1, 0.15) is 5.75 Å². The molecule has 3 aromatic carbocycles. The van der Waals surface area contributed by atoms with Gasteiger partial charge >= 0.3 is 0 Å². The van der Waals surface area contributed by atoms with E-state index in [-0.39, 0.29) is 11.7 Å². The SMILES string of the molecule is COc1ccccc1NC(=O)CSc1nnc(-c2ccccc2)n1Cc1ccccc1.